The maximum atomic E-state index is 11.6. The van der Waals surface area contributed by atoms with E-state index in [0.29, 0.717) is 19.4 Å². The van der Waals surface area contributed by atoms with E-state index in [4.69, 9.17) is 5.11 Å². The lowest BCUT2D eigenvalue weighted by molar-refractivity contribution is -0.123. The Bertz CT molecular complexity index is 252. The molecule has 0 aromatic heterocycles. The molecule has 2 amide bonds. The molecule has 3 N–H and O–H groups in total. The van der Waals surface area contributed by atoms with Crippen LogP contribution in [0.2, 0.25) is 0 Å². The molecule has 92 valence electrons. The summed E-state index contributed by atoms with van der Waals surface area (Å²) in [7, 11) is 0. The number of carboxylic acid groups (broad SMARTS) is 1. The van der Waals surface area contributed by atoms with E-state index in [1.54, 1.807) is 6.08 Å². The monoisotopic (exact) mass is 228 g/mol. The second-order valence-electron chi connectivity index (χ2n) is 4.00. The van der Waals surface area contributed by atoms with Gasteiger partial charge < -0.3 is 15.7 Å². The molecular formula is C11H20N2O3. The highest BCUT2D eigenvalue weighted by Gasteiger charge is 2.20. The number of nitrogens with one attached hydrogen (secondary N) is 2. The van der Waals surface area contributed by atoms with Gasteiger partial charge in [0.1, 0.15) is 6.04 Å². The molecule has 0 saturated carbocycles. The molecule has 0 unspecified atom stereocenters. The molecule has 0 saturated heterocycles. The lowest BCUT2D eigenvalue weighted by atomic mass is 10.0. The average Bonchev–Trinajstić information content (AvgIpc) is 2.15. The maximum Gasteiger partial charge on any atom is 0.405 e. The highest BCUT2D eigenvalue weighted by molar-refractivity contribution is 5.85. The summed E-state index contributed by atoms with van der Waals surface area (Å²) in [4.78, 5) is 22.1. The van der Waals surface area contributed by atoms with Crippen molar-refractivity contribution in [2.75, 3.05) is 6.54 Å². The minimum Gasteiger partial charge on any atom is -0.465 e. The third kappa shape index (κ3) is 6.86. The van der Waals surface area contributed by atoms with E-state index in [1.807, 2.05) is 13.8 Å². The quantitative estimate of drug-likeness (QED) is 0.455. The molecule has 0 radical (unpaired) electrons. The summed E-state index contributed by atoms with van der Waals surface area (Å²) in [6.07, 6.45) is 1.69. The van der Waals surface area contributed by atoms with Crippen LogP contribution in [0.4, 0.5) is 4.79 Å². The predicted molar refractivity (Wildman–Crippen MR) is 62.2 cm³/mol. The maximum absolute atomic E-state index is 11.6. The third-order valence-corrected chi connectivity index (χ3v) is 1.97. The van der Waals surface area contributed by atoms with Gasteiger partial charge in [0.25, 0.3) is 0 Å². The lowest BCUT2D eigenvalue weighted by Gasteiger charge is -2.18. The smallest absolute Gasteiger partial charge is 0.405 e. The van der Waals surface area contributed by atoms with Crippen LogP contribution in [0.3, 0.4) is 0 Å². The van der Waals surface area contributed by atoms with Gasteiger partial charge in [0.2, 0.25) is 5.91 Å². The molecule has 0 aromatic carbocycles. The summed E-state index contributed by atoms with van der Waals surface area (Å²) in [6, 6.07) is -0.678. The number of hydrogen-bond donors (Lipinski definition) is 3. The second kappa shape index (κ2) is 7.73. The SMILES string of the molecule is C=CCCNC(=O)[C@H](CC(C)C)NC(=O)O. The molecule has 0 heterocycles. The Morgan fingerprint density at radius 1 is 1.44 bits per heavy atom. The summed E-state index contributed by atoms with van der Waals surface area (Å²) in [5, 5.41) is 13.5. The van der Waals surface area contributed by atoms with E-state index in [1.165, 1.54) is 0 Å². The van der Waals surface area contributed by atoms with Crippen molar-refractivity contribution in [3.8, 4) is 0 Å². The molecule has 1 atom stereocenters. The highest BCUT2D eigenvalue weighted by atomic mass is 16.4. The zero-order valence-corrected chi connectivity index (χ0v) is 9.82. The van der Waals surface area contributed by atoms with Crippen LogP contribution in [-0.4, -0.2) is 29.7 Å². The largest absolute Gasteiger partial charge is 0.465 e. The predicted octanol–water partition coefficient (Wildman–Crippen LogP) is 1.36. The number of carbonyl (C=O) groups excluding carboxylic acids is 1. The van der Waals surface area contributed by atoms with Crippen molar-refractivity contribution in [2.45, 2.75) is 32.7 Å². The van der Waals surface area contributed by atoms with Crippen LogP contribution < -0.4 is 10.6 Å². The Labute approximate surface area is 95.9 Å². The minimum absolute atomic E-state index is 0.252. The van der Waals surface area contributed by atoms with Gasteiger partial charge in [-0.1, -0.05) is 19.9 Å². The van der Waals surface area contributed by atoms with E-state index in [-0.39, 0.29) is 11.8 Å². The Morgan fingerprint density at radius 3 is 2.50 bits per heavy atom. The van der Waals surface area contributed by atoms with Crippen LogP contribution in [0.15, 0.2) is 12.7 Å². The highest BCUT2D eigenvalue weighted by Crippen LogP contribution is 2.04. The minimum atomic E-state index is -1.18. The van der Waals surface area contributed by atoms with E-state index in [0.717, 1.165) is 0 Å². The first-order chi connectivity index (χ1) is 7.47. The van der Waals surface area contributed by atoms with Crippen LogP contribution in [-0.2, 0) is 4.79 Å². The molecule has 0 fully saturated rings. The summed E-state index contributed by atoms with van der Waals surface area (Å²) in [5.41, 5.74) is 0. The van der Waals surface area contributed by atoms with Gasteiger partial charge in [0.15, 0.2) is 0 Å². The van der Waals surface area contributed by atoms with Gasteiger partial charge >= 0.3 is 6.09 Å². The fourth-order valence-electron chi connectivity index (χ4n) is 1.27. The zero-order chi connectivity index (χ0) is 12.6. The van der Waals surface area contributed by atoms with Crippen molar-refractivity contribution in [3.05, 3.63) is 12.7 Å². The van der Waals surface area contributed by atoms with Crippen molar-refractivity contribution in [1.29, 1.82) is 0 Å². The molecule has 5 nitrogen and oxygen atoms in total. The summed E-state index contributed by atoms with van der Waals surface area (Å²) >= 11 is 0. The summed E-state index contributed by atoms with van der Waals surface area (Å²) < 4.78 is 0. The summed E-state index contributed by atoms with van der Waals surface area (Å²) in [6.45, 7) is 7.90. The van der Waals surface area contributed by atoms with Crippen LogP contribution in [0.25, 0.3) is 0 Å². The summed E-state index contributed by atoms with van der Waals surface area (Å²) in [5.74, 6) is -0.0278. The average molecular weight is 228 g/mol. The van der Waals surface area contributed by atoms with Crippen molar-refractivity contribution < 1.29 is 14.7 Å². The molecule has 0 aliphatic carbocycles. The van der Waals surface area contributed by atoms with E-state index < -0.39 is 12.1 Å². The standard InChI is InChI=1S/C11H20N2O3/c1-4-5-6-12-10(14)9(7-8(2)3)13-11(15)16/h4,8-9,13H,1,5-7H2,2-3H3,(H,12,14)(H,15,16)/t9-/m0/s1. The topological polar surface area (TPSA) is 78.4 Å². The van der Waals surface area contributed by atoms with E-state index in [9.17, 15) is 9.59 Å². The van der Waals surface area contributed by atoms with Gasteiger partial charge in [-0.3, -0.25) is 4.79 Å². The first-order valence-corrected chi connectivity index (χ1v) is 5.35. The van der Waals surface area contributed by atoms with Crippen molar-refractivity contribution in [2.24, 2.45) is 5.92 Å². The molecule has 0 aliphatic heterocycles. The third-order valence-electron chi connectivity index (χ3n) is 1.97. The molecule has 0 aromatic rings. The van der Waals surface area contributed by atoms with Gasteiger partial charge in [-0.2, -0.15) is 0 Å². The number of hydrogen-bond acceptors (Lipinski definition) is 2. The zero-order valence-electron chi connectivity index (χ0n) is 9.82. The first kappa shape index (κ1) is 14.5. The van der Waals surface area contributed by atoms with Crippen LogP contribution in [0.1, 0.15) is 26.7 Å². The van der Waals surface area contributed by atoms with Gasteiger partial charge in [0.05, 0.1) is 0 Å². The van der Waals surface area contributed by atoms with Gasteiger partial charge in [-0.15, -0.1) is 6.58 Å². The van der Waals surface area contributed by atoms with Gasteiger partial charge in [0, 0.05) is 6.54 Å². The lowest BCUT2D eigenvalue weighted by Crippen LogP contribution is -2.47. The Hall–Kier alpha value is -1.52. The van der Waals surface area contributed by atoms with Crippen LogP contribution >= 0.6 is 0 Å². The number of rotatable bonds is 7. The van der Waals surface area contributed by atoms with Crippen molar-refractivity contribution >= 4 is 12.0 Å². The van der Waals surface area contributed by atoms with Gasteiger partial charge in [-0.05, 0) is 18.8 Å². The molecule has 0 bridgehead atoms. The molecular weight excluding hydrogens is 208 g/mol. The van der Waals surface area contributed by atoms with Crippen molar-refractivity contribution in [1.82, 2.24) is 10.6 Å². The van der Waals surface area contributed by atoms with Crippen molar-refractivity contribution in [3.63, 3.8) is 0 Å². The number of amides is 2. The second-order valence-corrected chi connectivity index (χ2v) is 4.00. The fourth-order valence-corrected chi connectivity index (χ4v) is 1.27. The number of carbonyl (C=O) groups is 2. The molecule has 0 aliphatic rings. The Morgan fingerprint density at radius 2 is 2.06 bits per heavy atom. The van der Waals surface area contributed by atoms with Crippen LogP contribution in [0.5, 0.6) is 0 Å². The van der Waals surface area contributed by atoms with Crippen LogP contribution in [0, 0.1) is 5.92 Å². The Balaban J connectivity index is 4.19. The molecule has 16 heavy (non-hydrogen) atoms. The van der Waals surface area contributed by atoms with E-state index in [2.05, 4.69) is 17.2 Å². The van der Waals surface area contributed by atoms with Gasteiger partial charge in [-0.25, -0.2) is 4.79 Å². The van der Waals surface area contributed by atoms with E-state index >= 15 is 0 Å². The normalized spacial score (nSPS) is 11.9. The Kier molecular flexibility index (Phi) is 7.00. The molecule has 0 rings (SSSR count). The molecule has 5 heteroatoms. The fraction of sp³-hybridized carbons (Fsp3) is 0.636. The molecule has 0 spiro atoms. The first-order valence-electron chi connectivity index (χ1n) is 5.35.